The Morgan fingerprint density at radius 1 is 0.744 bits per heavy atom. The Balaban J connectivity index is 1.41. The van der Waals surface area contributed by atoms with Crippen molar-refractivity contribution in [1.82, 2.24) is 15.1 Å². The first-order chi connectivity index (χ1) is 19.2. The average Bonchev–Trinajstić information content (AvgIpc) is 2.97. The van der Waals surface area contributed by atoms with Gasteiger partial charge in [0.2, 0.25) is 5.91 Å². The molecule has 1 aliphatic carbocycles. The molecule has 0 aromatic carbocycles. The molecule has 1 saturated heterocycles. The van der Waals surface area contributed by atoms with Gasteiger partial charge in [0.25, 0.3) is 0 Å². The number of carbonyl (C=O) groups excluding carboxylic acids is 1. The molecule has 4 nitrogen and oxygen atoms in total. The van der Waals surface area contributed by atoms with Crippen LogP contribution in [0.15, 0.2) is 12.2 Å². The summed E-state index contributed by atoms with van der Waals surface area (Å²) in [6, 6.07) is 0. The molecule has 0 bridgehead atoms. The highest BCUT2D eigenvalue weighted by atomic mass is 16.2. The van der Waals surface area contributed by atoms with Crippen LogP contribution in [0.1, 0.15) is 148 Å². The average molecular weight is 546 g/mol. The van der Waals surface area contributed by atoms with Crippen molar-refractivity contribution >= 4 is 5.91 Å². The van der Waals surface area contributed by atoms with E-state index in [1.807, 2.05) is 11.9 Å². The molecule has 1 heterocycles. The van der Waals surface area contributed by atoms with E-state index in [9.17, 15) is 4.79 Å². The first kappa shape index (κ1) is 34.3. The number of allylic oxidation sites excluding steroid dienone is 2. The summed E-state index contributed by atoms with van der Waals surface area (Å²) in [6.45, 7) is 8.93. The van der Waals surface area contributed by atoms with Crippen LogP contribution >= 0.6 is 0 Å². The summed E-state index contributed by atoms with van der Waals surface area (Å²) in [5.41, 5.74) is 0. The van der Waals surface area contributed by atoms with Crippen LogP contribution < -0.4 is 5.32 Å². The van der Waals surface area contributed by atoms with Gasteiger partial charge in [-0.3, -0.25) is 4.79 Å². The zero-order valence-corrected chi connectivity index (χ0v) is 26.4. The summed E-state index contributed by atoms with van der Waals surface area (Å²) < 4.78 is 0. The topological polar surface area (TPSA) is 35.6 Å². The largest absolute Gasteiger partial charge is 0.345 e. The lowest BCUT2D eigenvalue weighted by atomic mass is 9.82. The fourth-order valence-corrected chi connectivity index (χ4v) is 6.59. The lowest BCUT2D eigenvalue weighted by Gasteiger charge is -2.32. The van der Waals surface area contributed by atoms with Gasteiger partial charge in [-0.25, -0.2) is 0 Å². The third kappa shape index (κ3) is 16.9. The van der Waals surface area contributed by atoms with Gasteiger partial charge in [-0.1, -0.05) is 122 Å². The molecule has 2 rings (SSSR count). The first-order valence-corrected chi connectivity index (χ1v) is 17.6. The minimum atomic E-state index is 0.160. The second-order valence-electron chi connectivity index (χ2n) is 12.8. The Morgan fingerprint density at radius 3 is 1.87 bits per heavy atom. The van der Waals surface area contributed by atoms with E-state index >= 15 is 0 Å². The summed E-state index contributed by atoms with van der Waals surface area (Å²) in [5, 5.41) is 3.70. The number of hydrogen-bond acceptors (Lipinski definition) is 3. The second kappa shape index (κ2) is 23.8. The van der Waals surface area contributed by atoms with Crippen LogP contribution in [-0.2, 0) is 4.79 Å². The summed E-state index contributed by atoms with van der Waals surface area (Å²) in [6.07, 6.45) is 34.4. The van der Waals surface area contributed by atoms with Crippen molar-refractivity contribution in [3.63, 3.8) is 0 Å². The maximum absolute atomic E-state index is 13.2. The number of nitrogens with zero attached hydrogens (tertiary/aromatic N) is 2. The SMILES string of the molecule is CCCCCCCCCCCCCCCCCCNCC1CC=CCC1C(=O)N(C)CCCN1CCCCC1. The van der Waals surface area contributed by atoms with E-state index in [1.165, 1.54) is 135 Å². The van der Waals surface area contributed by atoms with E-state index in [0.29, 0.717) is 11.8 Å². The van der Waals surface area contributed by atoms with Crippen LogP contribution in [0.4, 0.5) is 0 Å². The Bertz CT molecular complexity index is 601. The van der Waals surface area contributed by atoms with E-state index in [1.54, 1.807) is 0 Å². The molecular formula is C35H67N3O. The predicted octanol–water partition coefficient (Wildman–Crippen LogP) is 8.75. The number of nitrogens with one attached hydrogen (secondary N) is 1. The lowest BCUT2D eigenvalue weighted by Crippen LogP contribution is -2.41. The molecule has 1 fully saturated rings. The quantitative estimate of drug-likeness (QED) is 0.0972. The van der Waals surface area contributed by atoms with Crippen LogP contribution in [0.25, 0.3) is 0 Å². The van der Waals surface area contributed by atoms with Gasteiger partial charge in [0.15, 0.2) is 0 Å². The van der Waals surface area contributed by atoms with Crippen LogP contribution in [-0.4, -0.2) is 62.0 Å². The van der Waals surface area contributed by atoms with E-state index in [0.717, 1.165) is 45.4 Å². The van der Waals surface area contributed by atoms with E-state index in [4.69, 9.17) is 0 Å². The number of rotatable bonds is 24. The summed E-state index contributed by atoms with van der Waals surface area (Å²) >= 11 is 0. The minimum absolute atomic E-state index is 0.160. The van der Waals surface area contributed by atoms with Gasteiger partial charge in [0.1, 0.15) is 0 Å². The number of likely N-dealkylation sites (tertiary alicyclic amines) is 1. The molecule has 2 aliphatic rings. The van der Waals surface area contributed by atoms with E-state index < -0.39 is 0 Å². The van der Waals surface area contributed by atoms with Crippen molar-refractivity contribution < 1.29 is 4.79 Å². The fourth-order valence-electron chi connectivity index (χ4n) is 6.59. The van der Waals surface area contributed by atoms with Gasteiger partial charge in [0, 0.05) is 19.5 Å². The minimum Gasteiger partial charge on any atom is -0.345 e. The molecule has 0 aromatic heterocycles. The Hall–Kier alpha value is -0.870. The Kier molecular flexibility index (Phi) is 20.9. The summed E-state index contributed by atoms with van der Waals surface area (Å²) in [4.78, 5) is 17.8. The second-order valence-corrected chi connectivity index (χ2v) is 12.8. The number of hydrogen-bond donors (Lipinski definition) is 1. The van der Waals surface area contributed by atoms with Crippen LogP contribution in [0.5, 0.6) is 0 Å². The molecule has 1 amide bonds. The molecule has 2 atom stereocenters. The summed E-state index contributed by atoms with van der Waals surface area (Å²) in [5.74, 6) is 0.980. The van der Waals surface area contributed by atoms with Gasteiger partial charge >= 0.3 is 0 Å². The smallest absolute Gasteiger partial charge is 0.226 e. The Labute approximate surface area is 244 Å². The van der Waals surface area contributed by atoms with Gasteiger partial charge in [-0.05, 0) is 77.2 Å². The highest BCUT2D eigenvalue weighted by Gasteiger charge is 2.30. The molecule has 0 aromatic rings. The molecule has 4 heteroatoms. The maximum Gasteiger partial charge on any atom is 0.226 e. The third-order valence-corrected chi connectivity index (χ3v) is 9.29. The zero-order chi connectivity index (χ0) is 27.8. The van der Waals surface area contributed by atoms with E-state index in [-0.39, 0.29) is 5.92 Å². The maximum atomic E-state index is 13.2. The van der Waals surface area contributed by atoms with Crippen molar-refractivity contribution in [2.24, 2.45) is 11.8 Å². The zero-order valence-electron chi connectivity index (χ0n) is 26.4. The molecule has 2 unspecified atom stereocenters. The monoisotopic (exact) mass is 546 g/mol. The number of unbranched alkanes of at least 4 members (excludes halogenated alkanes) is 15. The lowest BCUT2D eigenvalue weighted by molar-refractivity contribution is -0.136. The third-order valence-electron chi connectivity index (χ3n) is 9.29. The number of carbonyl (C=O) groups is 1. The molecule has 39 heavy (non-hydrogen) atoms. The van der Waals surface area contributed by atoms with Crippen LogP contribution in [0.2, 0.25) is 0 Å². The highest BCUT2D eigenvalue weighted by Crippen LogP contribution is 2.27. The number of amides is 1. The van der Waals surface area contributed by atoms with Gasteiger partial charge in [-0.15, -0.1) is 0 Å². The standard InChI is InChI=1S/C35H67N3O/c1-3-4-5-6-7-8-9-10-11-12-13-14-15-16-17-21-27-36-32-33-25-19-20-26-34(33)35(39)37(2)28-24-31-38-29-22-18-23-30-38/h19-20,33-34,36H,3-18,21-32H2,1-2H3. The van der Waals surface area contributed by atoms with Crippen LogP contribution in [0.3, 0.4) is 0 Å². The predicted molar refractivity (Wildman–Crippen MR) is 170 cm³/mol. The van der Waals surface area contributed by atoms with Crippen molar-refractivity contribution in [2.45, 2.75) is 148 Å². The van der Waals surface area contributed by atoms with E-state index in [2.05, 4.69) is 29.3 Å². The molecular weight excluding hydrogens is 478 g/mol. The molecule has 228 valence electrons. The van der Waals surface area contributed by atoms with Crippen molar-refractivity contribution in [2.75, 3.05) is 46.3 Å². The first-order valence-electron chi connectivity index (χ1n) is 17.6. The van der Waals surface area contributed by atoms with Crippen LogP contribution in [0, 0.1) is 11.8 Å². The van der Waals surface area contributed by atoms with Crippen molar-refractivity contribution in [1.29, 1.82) is 0 Å². The van der Waals surface area contributed by atoms with Gasteiger partial charge in [-0.2, -0.15) is 0 Å². The van der Waals surface area contributed by atoms with Gasteiger partial charge < -0.3 is 15.1 Å². The van der Waals surface area contributed by atoms with Gasteiger partial charge in [0.05, 0.1) is 0 Å². The molecule has 1 N–H and O–H groups in total. The number of piperidine rings is 1. The molecule has 0 saturated carbocycles. The van der Waals surface area contributed by atoms with Crippen molar-refractivity contribution in [3.05, 3.63) is 12.2 Å². The van der Waals surface area contributed by atoms with Crippen molar-refractivity contribution in [3.8, 4) is 0 Å². The molecule has 0 spiro atoms. The Morgan fingerprint density at radius 2 is 1.28 bits per heavy atom. The molecule has 0 radical (unpaired) electrons. The fraction of sp³-hybridized carbons (Fsp3) is 0.914. The summed E-state index contributed by atoms with van der Waals surface area (Å²) in [7, 11) is 2.03. The molecule has 1 aliphatic heterocycles. The highest BCUT2D eigenvalue weighted by molar-refractivity contribution is 5.79. The normalized spacial score (nSPS) is 19.9.